The number of rotatable bonds is 6. The normalized spacial score (nSPS) is 12.2. The molecule has 0 aliphatic heterocycles. The van der Waals surface area contributed by atoms with E-state index in [1.54, 1.807) is 6.07 Å². The number of aliphatic hydroxyl groups excluding tert-OH is 1. The lowest BCUT2D eigenvalue weighted by atomic mass is 9.94. The molecule has 0 aliphatic carbocycles. The average molecular weight is 323 g/mol. The number of benzene rings is 2. The minimum Gasteiger partial charge on any atom is -0.488 e. The quantitative estimate of drug-likeness (QED) is 0.755. The Hall–Kier alpha value is -2.31. The van der Waals surface area contributed by atoms with E-state index >= 15 is 0 Å². The first-order valence-electron chi connectivity index (χ1n) is 8.36. The van der Waals surface area contributed by atoms with Gasteiger partial charge in [0.05, 0.1) is 6.07 Å². The first-order chi connectivity index (χ1) is 11.5. The maximum Gasteiger partial charge on any atom is 0.166 e. The number of para-hydroxylation sites is 1. The summed E-state index contributed by atoms with van der Waals surface area (Å²) in [4.78, 5) is 0. The van der Waals surface area contributed by atoms with E-state index in [2.05, 4.69) is 45.9 Å². The van der Waals surface area contributed by atoms with Gasteiger partial charge in [0.15, 0.2) is 6.10 Å². The Morgan fingerprint density at radius 2 is 1.46 bits per heavy atom. The zero-order chi connectivity index (χ0) is 17.7. The minimum atomic E-state index is -1.13. The fraction of sp³-hybridized carbons (Fsp3) is 0.381. The van der Waals surface area contributed by atoms with Crippen molar-refractivity contribution in [3.8, 4) is 11.8 Å². The second-order valence-corrected chi connectivity index (χ2v) is 6.59. The van der Waals surface area contributed by atoms with E-state index < -0.39 is 6.10 Å². The van der Waals surface area contributed by atoms with Crippen molar-refractivity contribution in [2.75, 3.05) is 0 Å². The molecule has 0 heterocycles. The molecule has 0 aliphatic rings. The molecule has 0 saturated carbocycles. The molecular weight excluding hydrogens is 298 g/mol. The lowest BCUT2D eigenvalue weighted by Gasteiger charge is -2.21. The molecule has 0 bridgehead atoms. The second kappa shape index (κ2) is 7.99. The largest absolute Gasteiger partial charge is 0.488 e. The molecule has 2 aromatic rings. The Kier molecular flexibility index (Phi) is 6.00. The molecule has 3 heteroatoms. The lowest BCUT2D eigenvalue weighted by Crippen LogP contribution is -2.07. The number of aliphatic hydroxyl groups is 1. The highest BCUT2D eigenvalue weighted by Gasteiger charge is 2.17. The van der Waals surface area contributed by atoms with Crippen LogP contribution in [0.5, 0.6) is 5.75 Å². The molecule has 126 valence electrons. The van der Waals surface area contributed by atoms with Gasteiger partial charge in [-0.25, -0.2) is 0 Å². The highest BCUT2D eigenvalue weighted by Crippen LogP contribution is 2.35. The van der Waals surface area contributed by atoms with Gasteiger partial charge in [0, 0.05) is 5.56 Å². The highest BCUT2D eigenvalue weighted by atomic mass is 16.5. The molecule has 1 N–H and O–H groups in total. The van der Waals surface area contributed by atoms with Crippen LogP contribution >= 0.6 is 0 Å². The summed E-state index contributed by atoms with van der Waals surface area (Å²) in [5, 5.41) is 18.9. The maximum atomic E-state index is 9.88. The van der Waals surface area contributed by atoms with Crippen molar-refractivity contribution in [2.45, 2.75) is 52.2 Å². The van der Waals surface area contributed by atoms with E-state index in [9.17, 15) is 5.11 Å². The molecule has 0 aromatic heterocycles. The molecule has 2 aromatic carbocycles. The van der Waals surface area contributed by atoms with Crippen molar-refractivity contribution < 1.29 is 9.84 Å². The number of hydrogen-bond donors (Lipinski definition) is 1. The third-order valence-electron chi connectivity index (χ3n) is 4.16. The van der Waals surface area contributed by atoms with Gasteiger partial charge >= 0.3 is 0 Å². The van der Waals surface area contributed by atoms with Gasteiger partial charge in [0.2, 0.25) is 0 Å². The van der Waals surface area contributed by atoms with Gasteiger partial charge in [0.25, 0.3) is 0 Å². The molecule has 3 nitrogen and oxygen atoms in total. The van der Waals surface area contributed by atoms with Crippen molar-refractivity contribution >= 4 is 0 Å². The lowest BCUT2D eigenvalue weighted by molar-refractivity contribution is 0.229. The third kappa shape index (κ3) is 3.96. The van der Waals surface area contributed by atoms with Crippen LogP contribution in [0.3, 0.4) is 0 Å². The smallest absolute Gasteiger partial charge is 0.166 e. The van der Waals surface area contributed by atoms with Crippen LogP contribution in [0.25, 0.3) is 0 Å². The van der Waals surface area contributed by atoms with Crippen LogP contribution < -0.4 is 4.74 Å². The summed E-state index contributed by atoms with van der Waals surface area (Å²) in [5.74, 6) is 1.64. The molecule has 0 saturated heterocycles. The SMILES string of the molecule is CC(C)c1cccc(C(C)C)c1OCc1ccccc1C(O)C#N. The minimum absolute atomic E-state index is 0.332. The predicted octanol–water partition coefficient (Wildman–Crippen LogP) is 5.07. The van der Waals surface area contributed by atoms with Gasteiger partial charge in [-0.1, -0.05) is 70.2 Å². The van der Waals surface area contributed by atoms with E-state index in [4.69, 9.17) is 10.00 Å². The van der Waals surface area contributed by atoms with Gasteiger partial charge in [-0.15, -0.1) is 0 Å². The molecule has 0 spiro atoms. The number of nitriles is 1. The third-order valence-corrected chi connectivity index (χ3v) is 4.16. The van der Waals surface area contributed by atoms with E-state index in [-0.39, 0.29) is 0 Å². The summed E-state index contributed by atoms with van der Waals surface area (Å²) in [6.07, 6.45) is -1.13. The molecule has 2 rings (SSSR count). The molecule has 0 amide bonds. The van der Waals surface area contributed by atoms with Crippen molar-refractivity contribution in [2.24, 2.45) is 0 Å². The summed E-state index contributed by atoms with van der Waals surface area (Å²) in [6.45, 7) is 8.94. The van der Waals surface area contributed by atoms with E-state index in [0.29, 0.717) is 24.0 Å². The monoisotopic (exact) mass is 323 g/mol. The number of ether oxygens (including phenoxy) is 1. The van der Waals surface area contributed by atoms with Crippen LogP contribution in [0.4, 0.5) is 0 Å². The Morgan fingerprint density at radius 3 is 2.00 bits per heavy atom. The molecule has 24 heavy (non-hydrogen) atoms. The summed E-state index contributed by atoms with van der Waals surface area (Å²) >= 11 is 0. The fourth-order valence-electron chi connectivity index (χ4n) is 2.80. The Balaban J connectivity index is 2.35. The van der Waals surface area contributed by atoms with Crippen LogP contribution in [0.1, 0.15) is 67.9 Å². The highest BCUT2D eigenvalue weighted by molar-refractivity contribution is 5.45. The molecule has 1 atom stereocenters. The van der Waals surface area contributed by atoms with Crippen LogP contribution in [0.15, 0.2) is 42.5 Å². The molecule has 0 fully saturated rings. The van der Waals surface area contributed by atoms with Crippen LogP contribution in [0, 0.1) is 11.3 Å². The Labute approximate surface area is 144 Å². The van der Waals surface area contributed by atoms with Crippen LogP contribution in [-0.2, 0) is 6.61 Å². The fourth-order valence-corrected chi connectivity index (χ4v) is 2.80. The maximum absolute atomic E-state index is 9.88. The van der Waals surface area contributed by atoms with E-state index in [0.717, 1.165) is 11.3 Å². The number of nitrogens with zero attached hydrogens (tertiary/aromatic N) is 1. The zero-order valence-electron chi connectivity index (χ0n) is 14.8. The van der Waals surface area contributed by atoms with Crippen LogP contribution in [0.2, 0.25) is 0 Å². The first-order valence-corrected chi connectivity index (χ1v) is 8.36. The van der Waals surface area contributed by atoms with Gasteiger partial charge in [-0.2, -0.15) is 5.26 Å². The molecule has 0 radical (unpaired) electrons. The molecular formula is C21H25NO2. The van der Waals surface area contributed by atoms with Crippen molar-refractivity contribution in [1.29, 1.82) is 5.26 Å². The summed E-state index contributed by atoms with van der Waals surface area (Å²) < 4.78 is 6.19. The number of hydrogen-bond acceptors (Lipinski definition) is 3. The van der Waals surface area contributed by atoms with Gasteiger partial charge < -0.3 is 9.84 Å². The van der Waals surface area contributed by atoms with E-state index in [1.165, 1.54) is 11.1 Å². The zero-order valence-corrected chi connectivity index (χ0v) is 14.8. The van der Waals surface area contributed by atoms with Crippen molar-refractivity contribution in [1.82, 2.24) is 0 Å². The van der Waals surface area contributed by atoms with Gasteiger partial charge in [-0.3, -0.25) is 0 Å². The Morgan fingerprint density at radius 1 is 0.917 bits per heavy atom. The van der Waals surface area contributed by atoms with Crippen LogP contribution in [-0.4, -0.2) is 5.11 Å². The first kappa shape index (κ1) is 18.0. The topological polar surface area (TPSA) is 53.2 Å². The predicted molar refractivity (Wildman–Crippen MR) is 96.0 cm³/mol. The molecule has 1 unspecified atom stereocenters. The van der Waals surface area contributed by atoms with Gasteiger partial charge in [0.1, 0.15) is 12.4 Å². The standard InChI is InChI=1S/C21H25NO2/c1-14(2)17-10-7-11-18(15(3)4)21(17)24-13-16-8-5-6-9-19(16)20(23)12-22/h5-11,14-15,20,23H,13H2,1-4H3. The average Bonchev–Trinajstić information content (AvgIpc) is 2.58. The van der Waals surface area contributed by atoms with Gasteiger partial charge in [-0.05, 0) is 28.5 Å². The summed E-state index contributed by atoms with van der Waals surface area (Å²) in [6, 6.07) is 15.5. The van der Waals surface area contributed by atoms with E-state index in [1.807, 2.05) is 24.3 Å². The van der Waals surface area contributed by atoms with Crippen molar-refractivity contribution in [3.63, 3.8) is 0 Å². The summed E-state index contributed by atoms with van der Waals surface area (Å²) in [7, 11) is 0. The summed E-state index contributed by atoms with van der Waals surface area (Å²) in [5.41, 5.74) is 3.80. The van der Waals surface area contributed by atoms with Crippen molar-refractivity contribution in [3.05, 3.63) is 64.7 Å². The second-order valence-electron chi connectivity index (χ2n) is 6.59. The Bertz CT molecular complexity index is 703.